The number of carbonyl (C=O) groups is 2. The summed E-state index contributed by atoms with van der Waals surface area (Å²) in [7, 11) is 3.18. The highest BCUT2D eigenvalue weighted by molar-refractivity contribution is 5.76. The van der Waals surface area contributed by atoms with Gasteiger partial charge in [0.2, 0.25) is 11.5 Å². The number of aromatic nitrogens is 2. The number of nitrogens with one attached hydrogen (secondary N) is 1. The number of hydrogen-bond acceptors (Lipinski definition) is 13. The summed E-state index contributed by atoms with van der Waals surface area (Å²) in [6.45, 7) is 9.19. The summed E-state index contributed by atoms with van der Waals surface area (Å²) in [5, 5.41) is 23.3. The van der Waals surface area contributed by atoms with E-state index in [1.807, 2.05) is 91.0 Å². The lowest BCUT2D eigenvalue weighted by Crippen LogP contribution is -2.48. The molecule has 0 aliphatic carbocycles. The van der Waals surface area contributed by atoms with Gasteiger partial charge in [0.25, 0.3) is 5.56 Å². The molecule has 4 aromatic carbocycles. The molecule has 16 heteroatoms. The second-order valence-electron chi connectivity index (χ2n) is 32.3. The maximum Gasteiger partial charge on any atom is 0.330 e. The molecule has 3 N–H and O–H groups in total. The van der Waals surface area contributed by atoms with Gasteiger partial charge in [0, 0.05) is 18.2 Å². The highest BCUT2D eigenvalue weighted by Crippen LogP contribution is 2.49. The van der Waals surface area contributed by atoms with Crippen molar-refractivity contribution in [1.82, 2.24) is 9.55 Å². The molecular weight excluding hydrogens is 1410 g/mol. The smallest absolute Gasteiger partial charge is 0.330 e. The van der Waals surface area contributed by atoms with Crippen LogP contribution in [0.2, 0.25) is 0 Å². The number of nitrogens with zero attached hydrogens (tertiary/aromatic N) is 1. The van der Waals surface area contributed by atoms with Crippen molar-refractivity contribution in [1.29, 1.82) is 0 Å². The molecule has 1 aliphatic heterocycles. The minimum absolute atomic E-state index is 0.172. The number of rotatable bonds is 69. The van der Waals surface area contributed by atoms with Gasteiger partial charge >= 0.3 is 17.6 Å². The van der Waals surface area contributed by atoms with E-state index in [1.54, 1.807) is 21.1 Å². The van der Waals surface area contributed by atoms with Gasteiger partial charge in [-0.3, -0.25) is 23.9 Å². The number of aromatic amines is 1. The Kier molecular flexibility index (Phi) is 47.6. The monoisotopic (exact) mass is 1560 g/mol. The molecule has 6 rings (SSSR count). The third-order valence-electron chi connectivity index (χ3n) is 22.7. The van der Waals surface area contributed by atoms with Crippen LogP contribution in [0.1, 0.15) is 376 Å². The Morgan fingerprint density at radius 2 is 0.830 bits per heavy atom. The number of carboxylic acid groups (broad SMARTS) is 1. The maximum absolute atomic E-state index is 14.8. The molecule has 0 saturated carbocycles. The number of unbranched alkanes of at least 4 members (excludes halogenated alkanes) is 45. The number of benzene rings is 4. The summed E-state index contributed by atoms with van der Waals surface area (Å²) in [6.07, 6.45) is 58.0. The van der Waals surface area contributed by atoms with Gasteiger partial charge in [0.05, 0.1) is 59.9 Å². The van der Waals surface area contributed by atoms with Gasteiger partial charge < -0.3 is 48.1 Å². The summed E-state index contributed by atoms with van der Waals surface area (Å²) in [6, 6.07) is 28.3. The van der Waals surface area contributed by atoms with E-state index in [2.05, 4.69) is 25.8 Å². The Balaban J connectivity index is 1.32. The van der Waals surface area contributed by atoms with E-state index in [9.17, 15) is 29.4 Å². The average Bonchev–Trinajstić information content (AvgIpc) is 1.49. The highest BCUT2D eigenvalue weighted by atomic mass is 16.7. The molecule has 0 bridgehead atoms. The van der Waals surface area contributed by atoms with Gasteiger partial charge in [-0.25, -0.2) is 4.79 Å². The fourth-order valence-corrected chi connectivity index (χ4v) is 16.0. The lowest BCUT2D eigenvalue weighted by Gasteiger charge is -2.38. The van der Waals surface area contributed by atoms with Crippen molar-refractivity contribution >= 4 is 11.9 Å². The molecule has 3 atom stereocenters. The Morgan fingerprint density at radius 3 is 1.19 bits per heavy atom. The van der Waals surface area contributed by atoms with Crippen LogP contribution in [0.5, 0.6) is 28.7 Å². The van der Waals surface area contributed by atoms with Crippen molar-refractivity contribution in [3.8, 4) is 28.7 Å². The number of aliphatic carboxylic acids is 1. The number of carbonyl (C=O) groups excluding carboxylic acids is 1. The predicted octanol–water partition coefficient (Wildman–Crippen LogP) is 24.6. The molecule has 2 heterocycles. The number of aliphatic hydroxyl groups is 1. The van der Waals surface area contributed by atoms with Gasteiger partial charge in [-0.15, -0.1) is 0 Å². The predicted molar refractivity (Wildman–Crippen MR) is 455 cm³/mol. The average molecular weight is 1560 g/mol. The molecule has 0 spiro atoms. The van der Waals surface area contributed by atoms with Crippen molar-refractivity contribution in [3.05, 3.63) is 146 Å². The zero-order valence-electron chi connectivity index (χ0n) is 70.7. The number of methoxy groups -OCH3 is 2. The number of aryl methyl sites for hydroxylation is 1. The van der Waals surface area contributed by atoms with Crippen molar-refractivity contribution in [2.45, 2.75) is 385 Å². The van der Waals surface area contributed by atoms with E-state index >= 15 is 0 Å². The molecule has 0 radical (unpaired) electrons. The van der Waals surface area contributed by atoms with Gasteiger partial charge in [-0.2, -0.15) is 0 Å². The number of ether oxygens (including phenoxy) is 8. The largest absolute Gasteiger partial charge is 0.497 e. The first-order valence-electron chi connectivity index (χ1n) is 44.9. The number of hydrogen-bond donors (Lipinski definition) is 3. The van der Waals surface area contributed by atoms with E-state index in [4.69, 9.17) is 37.9 Å². The lowest BCUT2D eigenvalue weighted by atomic mass is 9.80. The van der Waals surface area contributed by atoms with E-state index in [0.29, 0.717) is 70.8 Å². The molecular formula is C96H150N2O14. The van der Waals surface area contributed by atoms with Crippen molar-refractivity contribution in [3.63, 3.8) is 0 Å². The minimum atomic E-state index is -2.60. The Morgan fingerprint density at radius 1 is 0.482 bits per heavy atom. The molecule has 5 aromatic rings. The Hall–Kier alpha value is -6.62. The Labute approximate surface area is 675 Å². The first kappa shape index (κ1) is 94.2. The van der Waals surface area contributed by atoms with Gasteiger partial charge in [-0.1, -0.05) is 364 Å². The van der Waals surface area contributed by atoms with Gasteiger partial charge in [0.1, 0.15) is 23.2 Å². The minimum Gasteiger partial charge on any atom is -0.497 e. The molecule has 1 saturated heterocycles. The summed E-state index contributed by atoms with van der Waals surface area (Å²) < 4.78 is 54.2. The van der Waals surface area contributed by atoms with Crippen LogP contribution in [0.25, 0.3) is 0 Å². The quantitative estimate of drug-likeness (QED) is 0.0143. The normalized spacial score (nSPS) is 15.6. The van der Waals surface area contributed by atoms with Crippen LogP contribution in [0.3, 0.4) is 0 Å². The number of carboxylic acids is 1. The van der Waals surface area contributed by atoms with Crippen LogP contribution in [0, 0.1) is 6.92 Å². The Bertz CT molecular complexity index is 3280. The first-order chi connectivity index (χ1) is 54.7. The first-order valence-corrected chi connectivity index (χ1v) is 44.9. The third-order valence-corrected chi connectivity index (χ3v) is 22.7. The van der Waals surface area contributed by atoms with Crippen molar-refractivity contribution in [2.24, 2.45) is 0 Å². The van der Waals surface area contributed by atoms with E-state index in [0.717, 1.165) is 57.8 Å². The van der Waals surface area contributed by atoms with Gasteiger partial charge in [-0.05, 0) is 84.8 Å². The van der Waals surface area contributed by atoms with E-state index < -0.39 is 72.3 Å². The molecule has 16 nitrogen and oxygen atoms in total. The van der Waals surface area contributed by atoms with E-state index in [-0.39, 0.29) is 12.0 Å². The fourth-order valence-electron chi connectivity index (χ4n) is 16.0. The second kappa shape index (κ2) is 56.6. The van der Waals surface area contributed by atoms with Crippen LogP contribution in [-0.4, -0.2) is 84.2 Å². The summed E-state index contributed by atoms with van der Waals surface area (Å²) in [5.74, 6) is -2.21. The van der Waals surface area contributed by atoms with Crippen molar-refractivity contribution in [2.75, 3.05) is 40.6 Å². The molecule has 1 aliphatic rings. The molecule has 0 amide bonds. The van der Waals surface area contributed by atoms with Crippen LogP contribution < -0.4 is 34.9 Å². The molecule has 1 fully saturated rings. The van der Waals surface area contributed by atoms with Crippen LogP contribution in [0.15, 0.2) is 107 Å². The topological polar surface area (TPSA) is 203 Å². The lowest BCUT2D eigenvalue weighted by molar-refractivity contribution is -0.239. The number of H-pyrrole nitrogens is 1. The van der Waals surface area contributed by atoms with Gasteiger partial charge in [0.15, 0.2) is 17.2 Å². The fraction of sp³-hybridized carbons (Fsp3) is 0.688. The summed E-state index contributed by atoms with van der Waals surface area (Å²) in [5.41, 5.74) is -2.10. The number of esters is 1. The third kappa shape index (κ3) is 34.8. The van der Waals surface area contributed by atoms with Crippen LogP contribution in [-0.2, 0) is 41.5 Å². The highest BCUT2D eigenvalue weighted by Gasteiger charge is 2.60. The molecule has 0 unspecified atom stereocenters. The standard InChI is InChI=1S/C96H150N2O14/c1-7-10-13-16-19-22-25-28-31-34-37-40-43-46-49-55-70-107-86-73-80(74-87(108-71-56-50-47-44-41-38-35-32-29-26-23-20-17-14-11-8-2)91(86)109-72-57-51-48-45-42-39-36-33-30-27-24-21-18-15-12-9-3)75-94(98-76-79(4)92(102)97-93(98)103)78-95(104,112-90(101)69-68-89(99)100)88(111-94)77-110-96(81-58-53-52-54-59-81,82-60-64-84(105-5)65-61-82)83-62-66-85(106-6)67-63-83/h52-54,58-67,73-74,76,88,104H,7-51,55-57,68-72,75,77-78H2,1-6H3,(H,99,100)(H,97,102,103)/t88-,94-,95-/m1/s1. The SMILES string of the molecule is CCCCCCCCCCCCCCCCCCOc1cc(C[C@]2(n3cc(C)c(=O)[nH]c3=O)C[C@@](O)(OC(=O)CCC(=O)O)[C@@H](COC(c3ccccc3)(c3ccc(OC)cc3)c3ccc(OC)cc3)O2)cc(OCCCCCCCCCCCCCCCCCC)c1OCCCCCCCCCCCCCCCCCC. The van der Waals surface area contributed by atoms with E-state index in [1.165, 1.54) is 261 Å². The van der Waals surface area contributed by atoms with Crippen molar-refractivity contribution < 1.29 is 57.7 Å². The zero-order chi connectivity index (χ0) is 80.0. The summed E-state index contributed by atoms with van der Waals surface area (Å²) in [4.78, 5) is 57.0. The molecule has 628 valence electrons. The molecule has 1 aromatic heterocycles. The zero-order valence-corrected chi connectivity index (χ0v) is 70.7. The second-order valence-corrected chi connectivity index (χ2v) is 32.3. The maximum atomic E-state index is 14.8. The summed E-state index contributed by atoms with van der Waals surface area (Å²) >= 11 is 0. The van der Waals surface area contributed by atoms with Crippen LogP contribution in [0.4, 0.5) is 0 Å². The van der Waals surface area contributed by atoms with Crippen LogP contribution >= 0.6 is 0 Å². The molecule has 112 heavy (non-hydrogen) atoms.